The Hall–Kier alpha value is -2.65. The smallest absolute Gasteiger partial charge is 0.262 e. The Morgan fingerprint density at radius 1 is 1.45 bits per heavy atom. The molecule has 0 atom stereocenters. The number of pyridine rings is 1. The molecule has 2 heterocycles. The molecule has 2 aromatic heterocycles. The molecule has 6 nitrogen and oxygen atoms in total. The molecule has 0 saturated carbocycles. The summed E-state index contributed by atoms with van der Waals surface area (Å²) in [5.74, 6) is 5.67. The van der Waals surface area contributed by atoms with Gasteiger partial charge in [-0.1, -0.05) is 17.1 Å². The zero-order valence-electron chi connectivity index (χ0n) is 11.1. The van der Waals surface area contributed by atoms with Crippen LogP contribution in [0.3, 0.4) is 0 Å². The number of aryl methyl sites for hydroxylation is 2. The van der Waals surface area contributed by atoms with Gasteiger partial charge in [-0.15, -0.1) is 0 Å². The van der Waals surface area contributed by atoms with Crippen LogP contribution in [-0.2, 0) is 0 Å². The maximum Gasteiger partial charge on any atom is 0.262 e. The third-order valence-corrected chi connectivity index (χ3v) is 2.55. The molecule has 0 aromatic carbocycles. The first-order valence-electron chi connectivity index (χ1n) is 5.93. The van der Waals surface area contributed by atoms with Crippen LogP contribution in [0.25, 0.3) is 0 Å². The van der Waals surface area contributed by atoms with E-state index in [0.717, 1.165) is 0 Å². The van der Waals surface area contributed by atoms with Crippen molar-refractivity contribution < 1.29 is 14.4 Å². The van der Waals surface area contributed by atoms with Crippen LogP contribution in [0.4, 0.5) is 5.82 Å². The van der Waals surface area contributed by atoms with E-state index < -0.39 is 0 Å². The molecule has 0 unspecified atom stereocenters. The van der Waals surface area contributed by atoms with E-state index in [-0.39, 0.29) is 12.5 Å². The second-order valence-corrected chi connectivity index (χ2v) is 4.02. The van der Waals surface area contributed by atoms with Crippen molar-refractivity contribution in [1.82, 2.24) is 10.1 Å². The fourth-order valence-electron chi connectivity index (χ4n) is 1.69. The SMILES string of the molecule is Cc1noc(C)c1C(=O)Nc1cccc(C#CCO)n1. The Morgan fingerprint density at radius 2 is 2.25 bits per heavy atom. The van der Waals surface area contributed by atoms with E-state index in [1.54, 1.807) is 32.0 Å². The number of hydrogen-bond acceptors (Lipinski definition) is 5. The number of aliphatic hydroxyl groups excluding tert-OH is 1. The topological polar surface area (TPSA) is 88.2 Å². The van der Waals surface area contributed by atoms with Crippen molar-refractivity contribution >= 4 is 11.7 Å². The standard InChI is InChI=1S/C14H13N3O3/c1-9-13(10(2)20-17-9)14(19)16-12-7-3-5-11(15-12)6-4-8-18/h3,5,7,18H,8H2,1-2H3,(H,15,16,19). The van der Waals surface area contributed by atoms with Crippen LogP contribution in [0.2, 0.25) is 0 Å². The molecule has 6 heteroatoms. The summed E-state index contributed by atoms with van der Waals surface area (Å²) in [6.07, 6.45) is 0. The van der Waals surface area contributed by atoms with Gasteiger partial charge in [-0.05, 0) is 31.9 Å². The van der Waals surface area contributed by atoms with Crippen molar-refractivity contribution in [3.05, 3.63) is 40.9 Å². The first-order chi connectivity index (χ1) is 9.61. The second kappa shape index (κ2) is 5.99. The molecular formula is C14H13N3O3. The molecule has 0 spiro atoms. The van der Waals surface area contributed by atoms with Crippen LogP contribution in [0.5, 0.6) is 0 Å². The summed E-state index contributed by atoms with van der Waals surface area (Å²) in [6, 6.07) is 5.06. The van der Waals surface area contributed by atoms with Crippen LogP contribution in [0.1, 0.15) is 27.5 Å². The molecule has 0 saturated heterocycles. The summed E-state index contributed by atoms with van der Waals surface area (Å²) in [7, 11) is 0. The van der Waals surface area contributed by atoms with Gasteiger partial charge in [0.1, 0.15) is 29.4 Å². The molecule has 2 N–H and O–H groups in total. The van der Waals surface area contributed by atoms with Crippen LogP contribution in [0, 0.1) is 25.7 Å². The van der Waals surface area contributed by atoms with Gasteiger partial charge < -0.3 is 14.9 Å². The van der Waals surface area contributed by atoms with Gasteiger partial charge in [0.25, 0.3) is 5.91 Å². The number of carbonyl (C=O) groups excluding carboxylic acids is 1. The Labute approximate surface area is 115 Å². The van der Waals surface area contributed by atoms with E-state index >= 15 is 0 Å². The Kier molecular flexibility index (Phi) is 4.13. The Balaban J connectivity index is 2.20. The lowest BCUT2D eigenvalue weighted by Crippen LogP contribution is -2.14. The minimum atomic E-state index is -0.332. The van der Waals surface area contributed by atoms with Crippen LogP contribution in [-0.4, -0.2) is 27.8 Å². The molecular weight excluding hydrogens is 258 g/mol. The molecule has 2 rings (SSSR count). The number of carbonyl (C=O) groups is 1. The average molecular weight is 271 g/mol. The minimum absolute atomic E-state index is 0.239. The molecule has 0 fully saturated rings. The van der Waals surface area contributed by atoms with Crippen molar-refractivity contribution in [1.29, 1.82) is 0 Å². The van der Waals surface area contributed by atoms with Crippen molar-refractivity contribution in [2.45, 2.75) is 13.8 Å². The molecule has 0 aliphatic heterocycles. The summed E-state index contributed by atoms with van der Waals surface area (Å²) in [5.41, 5.74) is 1.39. The lowest BCUT2D eigenvalue weighted by molar-refractivity contribution is 0.102. The number of aromatic nitrogens is 2. The molecule has 1 amide bonds. The average Bonchev–Trinajstić information content (AvgIpc) is 2.76. The summed E-state index contributed by atoms with van der Waals surface area (Å²) in [6.45, 7) is 3.13. The first-order valence-corrected chi connectivity index (χ1v) is 5.93. The van der Waals surface area contributed by atoms with Crippen LogP contribution < -0.4 is 5.32 Å². The van der Waals surface area contributed by atoms with Gasteiger partial charge >= 0.3 is 0 Å². The van der Waals surface area contributed by atoms with E-state index in [9.17, 15) is 4.79 Å². The maximum absolute atomic E-state index is 12.1. The lowest BCUT2D eigenvalue weighted by atomic mass is 10.2. The van der Waals surface area contributed by atoms with Crippen molar-refractivity contribution in [3.8, 4) is 11.8 Å². The zero-order chi connectivity index (χ0) is 14.5. The van der Waals surface area contributed by atoms with E-state index in [1.807, 2.05) is 0 Å². The predicted octanol–water partition coefficient (Wildman–Crippen LogP) is 1.28. The van der Waals surface area contributed by atoms with E-state index in [1.165, 1.54) is 0 Å². The lowest BCUT2D eigenvalue weighted by Gasteiger charge is -2.04. The quantitative estimate of drug-likeness (QED) is 0.803. The number of hydrogen-bond donors (Lipinski definition) is 2. The van der Waals surface area contributed by atoms with Gasteiger partial charge in [0.05, 0.1) is 5.69 Å². The largest absolute Gasteiger partial charge is 0.384 e. The maximum atomic E-state index is 12.1. The normalized spacial score (nSPS) is 9.75. The van der Waals surface area contributed by atoms with Gasteiger partial charge in [-0.25, -0.2) is 4.98 Å². The highest BCUT2D eigenvalue weighted by molar-refractivity contribution is 6.05. The summed E-state index contributed by atoms with van der Waals surface area (Å²) >= 11 is 0. The zero-order valence-corrected chi connectivity index (χ0v) is 11.1. The summed E-state index contributed by atoms with van der Waals surface area (Å²) < 4.78 is 4.95. The van der Waals surface area contributed by atoms with E-state index in [0.29, 0.717) is 28.5 Å². The fraction of sp³-hybridized carbons (Fsp3) is 0.214. The third-order valence-electron chi connectivity index (χ3n) is 2.55. The number of aliphatic hydroxyl groups is 1. The highest BCUT2D eigenvalue weighted by atomic mass is 16.5. The van der Waals surface area contributed by atoms with Crippen molar-refractivity contribution in [2.75, 3.05) is 11.9 Å². The number of nitrogens with one attached hydrogen (secondary N) is 1. The van der Waals surface area contributed by atoms with Crippen molar-refractivity contribution in [3.63, 3.8) is 0 Å². The van der Waals surface area contributed by atoms with Gasteiger partial charge in [-0.3, -0.25) is 4.79 Å². The van der Waals surface area contributed by atoms with Gasteiger partial charge in [-0.2, -0.15) is 0 Å². The van der Waals surface area contributed by atoms with E-state index in [2.05, 4.69) is 27.3 Å². The van der Waals surface area contributed by atoms with Gasteiger partial charge in [0.2, 0.25) is 0 Å². The number of amides is 1. The molecule has 20 heavy (non-hydrogen) atoms. The third kappa shape index (κ3) is 3.02. The Morgan fingerprint density at radius 3 is 2.90 bits per heavy atom. The Bertz CT molecular complexity index is 676. The van der Waals surface area contributed by atoms with Crippen LogP contribution >= 0.6 is 0 Å². The molecule has 102 valence electrons. The number of nitrogens with zero attached hydrogens (tertiary/aromatic N) is 2. The summed E-state index contributed by atoms with van der Waals surface area (Å²) in [4.78, 5) is 16.3. The highest BCUT2D eigenvalue weighted by Gasteiger charge is 2.17. The van der Waals surface area contributed by atoms with Crippen molar-refractivity contribution in [2.24, 2.45) is 0 Å². The highest BCUT2D eigenvalue weighted by Crippen LogP contribution is 2.14. The number of rotatable bonds is 2. The molecule has 0 bridgehead atoms. The molecule has 0 aliphatic rings. The monoisotopic (exact) mass is 271 g/mol. The second-order valence-electron chi connectivity index (χ2n) is 4.02. The molecule has 0 aliphatic carbocycles. The number of anilines is 1. The first kappa shape index (κ1) is 13.8. The predicted molar refractivity (Wildman–Crippen MR) is 72.1 cm³/mol. The van der Waals surface area contributed by atoms with E-state index in [4.69, 9.17) is 9.63 Å². The van der Waals surface area contributed by atoms with Gasteiger partial charge in [0, 0.05) is 0 Å². The fourth-order valence-corrected chi connectivity index (χ4v) is 1.69. The summed E-state index contributed by atoms with van der Waals surface area (Å²) in [5, 5.41) is 15.0. The molecule has 2 aromatic rings. The van der Waals surface area contributed by atoms with Gasteiger partial charge in [0.15, 0.2) is 0 Å². The van der Waals surface area contributed by atoms with Crippen LogP contribution in [0.15, 0.2) is 22.7 Å². The minimum Gasteiger partial charge on any atom is -0.384 e. The molecule has 0 radical (unpaired) electrons.